The minimum absolute atomic E-state index is 0.0347. The molecule has 5 atom stereocenters. The topological polar surface area (TPSA) is 237 Å². The molecule has 19 heteroatoms. The number of aliphatic hydroxyl groups excluding tert-OH is 1. The van der Waals surface area contributed by atoms with Gasteiger partial charge in [0.05, 0.1) is 26.4 Å². The summed E-state index contributed by atoms with van der Waals surface area (Å²) in [6.07, 6.45) is 90.8. The number of carbonyl (C=O) groups is 4. The monoisotopic (exact) mass is 1520 g/mol. The van der Waals surface area contributed by atoms with Crippen LogP contribution in [0.2, 0.25) is 0 Å². The van der Waals surface area contributed by atoms with Gasteiger partial charge in [0.25, 0.3) is 0 Å². The van der Waals surface area contributed by atoms with E-state index in [1.54, 1.807) is 0 Å². The van der Waals surface area contributed by atoms with Crippen LogP contribution in [-0.2, 0) is 65.4 Å². The lowest BCUT2D eigenvalue weighted by molar-refractivity contribution is -0.161. The van der Waals surface area contributed by atoms with Gasteiger partial charge < -0.3 is 33.8 Å². The van der Waals surface area contributed by atoms with Gasteiger partial charge in [0, 0.05) is 25.7 Å². The first-order valence-electron chi connectivity index (χ1n) is 40.7. The summed E-state index contributed by atoms with van der Waals surface area (Å²) < 4.78 is 68.6. The highest BCUT2D eigenvalue weighted by Gasteiger charge is 2.30. The molecule has 0 radical (unpaired) electrons. The molecule has 0 aromatic carbocycles. The zero-order valence-electron chi connectivity index (χ0n) is 66.1. The van der Waals surface area contributed by atoms with Gasteiger partial charge in [-0.05, 0) is 167 Å². The van der Waals surface area contributed by atoms with Crippen molar-refractivity contribution in [3.63, 3.8) is 0 Å². The molecule has 0 amide bonds. The van der Waals surface area contributed by atoms with Gasteiger partial charge in [-0.2, -0.15) is 0 Å². The second-order valence-electron chi connectivity index (χ2n) is 26.6. The fourth-order valence-electron chi connectivity index (χ4n) is 10.3. The summed E-state index contributed by atoms with van der Waals surface area (Å²) in [5, 5.41) is 10.6. The minimum atomic E-state index is -5.00. The molecule has 17 nitrogen and oxygen atoms in total. The van der Waals surface area contributed by atoms with Crippen molar-refractivity contribution >= 4 is 39.5 Å². The summed E-state index contributed by atoms with van der Waals surface area (Å²) in [4.78, 5) is 73.1. The Morgan fingerprint density at radius 2 is 0.509 bits per heavy atom. The number of carbonyl (C=O) groups excluding carboxylic acids is 4. The molecule has 0 aromatic heterocycles. The van der Waals surface area contributed by atoms with E-state index in [1.807, 2.05) is 0 Å². The van der Waals surface area contributed by atoms with E-state index in [4.69, 9.17) is 37.0 Å². The summed E-state index contributed by atoms with van der Waals surface area (Å²) >= 11 is 0. The van der Waals surface area contributed by atoms with E-state index in [9.17, 15) is 43.2 Å². The largest absolute Gasteiger partial charge is 0.472 e. The molecule has 0 aliphatic rings. The molecule has 5 unspecified atom stereocenters. The normalized spacial score (nSPS) is 14.7. The van der Waals surface area contributed by atoms with Gasteiger partial charge in [-0.1, -0.05) is 276 Å². The lowest BCUT2D eigenvalue weighted by atomic mass is 10.1. The minimum Gasteiger partial charge on any atom is -0.462 e. The summed E-state index contributed by atoms with van der Waals surface area (Å²) in [5.74, 6) is -2.27. The molecule has 0 aliphatic carbocycles. The Labute approximate surface area is 642 Å². The van der Waals surface area contributed by atoms with Crippen LogP contribution < -0.4 is 0 Å². The van der Waals surface area contributed by atoms with E-state index in [0.29, 0.717) is 32.1 Å². The van der Waals surface area contributed by atoms with Crippen LogP contribution in [0.1, 0.15) is 310 Å². The molecule has 604 valence electrons. The molecule has 0 bridgehead atoms. The summed E-state index contributed by atoms with van der Waals surface area (Å²) in [5.41, 5.74) is 0. The summed E-state index contributed by atoms with van der Waals surface area (Å²) in [6, 6.07) is 0. The quantitative estimate of drug-likeness (QED) is 0.0169. The van der Waals surface area contributed by atoms with Crippen LogP contribution in [0.3, 0.4) is 0 Å². The number of ether oxygens (including phenoxy) is 4. The molecule has 3 N–H and O–H groups in total. The third-order valence-corrected chi connectivity index (χ3v) is 18.3. The molecule has 0 rings (SSSR count). The van der Waals surface area contributed by atoms with Crippen molar-refractivity contribution in [1.29, 1.82) is 0 Å². The predicted octanol–water partition coefficient (Wildman–Crippen LogP) is 24.0. The van der Waals surface area contributed by atoms with E-state index in [0.717, 1.165) is 205 Å². The Hall–Kier alpha value is -5.32. The summed E-state index contributed by atoms with van der Waals surface area (Å²) in [7, 11) is -10.00. The highest BCUT2D eigenvalue weighted by atomic mass is 31.2. The van der Waals surface area contributed by atoms with Gasteiger partial charge in [0.2, 0.25) is 0 Å². The van der Waals surface area contributed by atoms with E-state index in [1.165, 1.54) is 19.3 Å². The molecular weight excluding hydrogens is 1380 g/mol. The average Bonchev–Trinajstić information content (AvgIpc) is 0.901. The van der Waals surface area contributed by atoms with Crippen LogP contribution in [0.25, 0.3) is 0 Å². The van der Waals surface area contributed by atoms with Crippen molar-refractivity contribution in [3.05, 3.63) is 158 Å². The molecule has 0 fully saturated rings. The van der Waals surface area contributed by atoms with Crippen molar-refractivity contribution in [3.8, 4) is 0 Å². The van der Waals surface area contributed by atoms with E-state index < -0.39 is 97.5 Å². The van der Waals surface area contributed by atoms with Crippen LogP contribution in [0.15, 0.2) is 158 Å². The van der Waals surface area contributed by atoms with Crippen LogP contribution in [-0.4, -0.2) is 96.7 Å². The van der Waals surface area contributed by atoms with E-state index in [-0.39, 0.29) is 25.7 Å². The molecular formula is C87H144O17P2. The fraction of sp³-hybridized carbons (Fsp3) is 0.655. The van der Waals surface area contributed by atoms with E-state index in [2.05, 4.69) is 186 Å². The Kier molecular flexibility index (Phi) is 73.9. The number of phosphoric acid groups is 2. The van der Waals surface area contributed by atoms with Crippen LogP contribution >= 0.6 is 15.6 Å². The van der Waals surface area contributed by atoms with Crippen molar-refractivity contribution in [2.24, 2.45) is 0 Å². The molecule has 0 heterocycles. The maximum atomic E-state index is 13.1. The zero-order chi connectivity index (χ0) is 77.4. The number of rotatable bonds is 75. The Morgan fingerprint density at radius 1 is 0.274 bits per heavy atom. The molecule has 0 saturated carbocycles. The number of aliphatic hydroxyl groups is 1. The maximum Gasteiger partial charge on any atom is 0.472 e. The number of allylic oxidation sites excluding steroid dienone is 26. The zero-order valence-corrected chi connectivity index (χ0v) is 67.8. The first-order chi connectivity index (χ1) is 51.7. The van der Waals surface area contributed by atoms with Gasteiger partial charge in [0.1, 0.15) is 19.3 Å². The first-order valence-corrected chi connectivity index (χ1v) is 43.7. The Morgan fingerprint density at radius 3 is 0.811 bits per heavy atom. The number of phosphoric ester groups is 2. The maximum absolute atomic E-state index is 13.1. The highest BCUT2D eigenvalue weighted by Crippen LogP contribution is 2.45. The Balaban J connectivity index is 5.41. The third kappa shape index (κ3) is 76.9. The van der Waals surface area contributed by atoms with Gasteiger partial charge in [0.15, 0.2) is 12.2 Å². The second-order valence-corrected chi connectivity index (χ2v) is 29.5. The van der Waals surface area contributed by atoms with Gasteiger partial charge in [-0.25, -0.2) is 9.13 Å². The van der Waals surface area contributed by atoms with Gasteiger partial charge in [-0.15, -0.1) is 0 Å². The molecule has 0 spiro atoms. The summed E-state index contributed by atoms with van der Waals surface area (Å²) in [6.45, 7) is 4.46. The van der Waals surface area contributed by atoms with Gasteiger partial charge in [-0.3, -0.25) is 37.3 Å². The first kappa shape index (κ1) is 101. The SMILES string of the molecule is CC/C=C\C/C=C\C/C=C\C/C=C\CCCCCCCCC(=O)OCC(COP(=O)(O)OCC(O)COP(=O)(O)OCC(COC(=O)CCCCCCCC/C=C\C/C=C\C/C=C\CCCCC)OC(=O)CCCC/C=C\C/C=C\C/C=C\C/C=C\CC)OC(=O)CCCCCCC/C=C\C/C=C\CCC. The lowest BCUT2D eigenvalue weighted by Gasteiger charge is -2.21. The number of unbranched alkanes of at least 4 members (excludes halogenated alkanes) is 23. The van der Waals surface area contributed by atoms with Crippen molar-refractivity contribution in [1.82, 2.24) is 0 Å². The average molecular weight is 1520 g/mol. The number of hydrogen-bond acceptors (Lipinski definition) is 15. The standard InChI is InChI=1S/C87H144O17P2/c1-5-9-13-17-21-25-29-33-36-38-40-42-45-48-51-55-59-63-67-71-84(89)97-77-82(103-86(91)73-69-65-61-57-53-47-32-28-24-20-16-12-8-4)79-101-105(93,94)99-75-81(88)76-100-106(95,96)102-80-83(104-87(92)74-70-66-62-58-54-50-44-35-31-27-23-19-15-11-7-3)78-98-85(90)72-68-64-60-56-52-49-46-43-41-39-37-34-30-26-22-18-14-10-6-2/h9,11,13,15-16,20-23,25-28,32-37,40-44,54,58,81-83,88H,5-8,10,12,14,17-19,24,29-31,38-39,45-53,55-57,59-80H2,1-4H3,(H,93,94)(H,95,96)/b13-9-,15-11-,20-16-,25-21-,26-22-,27-23-,32-28-,36-33-,37-34-,42-40-,43-41-,44-35-,58-54-. The lowest BCUT2D eigenvalue weighted by Crippen LogP contribution is -2.30. The van der Waals surface area contributed by atoms with Crippen LogP contribution in [0.5, 0.6) is 0 Å². The highest BCUT2D eigenvalue weighted by molar-refractivity contribution is 7.47. The number of esters is 4. The molecule has 0 aliphatic heterocycles. The van der Waals surface area contributed by atoms with Crippen molar-refractivity contribution < 1.29 is 80.2 Å². The number of hydrogen-bond donors (Lipinski definition) is 3. The van der Waals surface area contributed by atoms with Crippen LogP contribution in [0, 0.1) is 0 Å². The molecule has 106 heavy (non-hydrogen) atoms. The smallest absolute Gasteiger partial charge is 0.462 e. The van der Waals surface area contributed by atoms with Crippen LogP contribution in [0.4, 0.5) is 0 Å². The van der Waals surface area contributed by atoms with Gasteiger partial charge >= 0.3 is 39.5 Å². The molecule has 0 saturated heterocycles. The predicted molar refractivity (Wildman–Crippen MR) is 436 cm³/mol. The van der Waals surface area contributed by atoms with Crippen molar-refractivity contribution in [2.45, 2.75) is 329 Å². The fourth-order valence-corrected chi connectivity index (χ4v) is 11.9. The third-order valence-electron chi connectivity index (χ3n) is 16.4. The molecule has 0 aromatic rings. The van der Waals surface area contributed by atoms with Crippen molar-refractivity contribution in [2.75, 3.05) is 39.6 Å². The second kappa shape index (κ2) is 77.8. The van der Waals surface area contributed by atoms with E-state index >= 15 is 0 Å². The Bertz CT molecular complexity index is 2630.